The lowest BCUT2D eigenvalue weighted by atomic mass is 9.86. The lowest BCUT2D eigenvalue weighted by Gasteiger charge is -2.46. The number of hydrogen-bond acceptors (Lipinski definition) is 5. The van der Waals surface area contributed by atoms with Gasteiger partial charge in [0.1, 0.15) is 11.3 Å². The number of allylic oxidation sites excluding steroid dienone is 1. The van der Waals surface area contributed by atoms with Gasteiger partial charge in [0.2, 0.25) is 0 Å². The number of fused-ring (bicyclic) bond motifs is 1. The van der Waals surface area contributed by atoms with Gasteiger partial charge in [-0.05, 0) is 83.0 Å². The van der Waals surface area contributed by atoms with Crippen LogP contribution in [0.25, 0.3) is 11.6 Å². The van der Waals surface area contributed by atoms with E-state index in [0.717, 1.165) is 21.7 Å². The Bertz CT molecular complexity index is 1270. The molecule has 0 unspecified atom stereocenters. The van der Waals surface area contributed by atoms with Crippen molar-refractivity contribution in [2.75, 3.05) is 16.4 Å². The monoisotopic (exact) mass is 473 g/mol. The smallest absolute Gasteiger partial charge is 0.335 e. The first kappa shape index (κ1) is 24.3. The molecule has 2 aromatic rings. The fourth-order valence-electron chi connectivity index (χ4n) is 5.04. The minimum Gasteiger partial charge on any atom is -0.494 e. The zero-order chi connectivity index (χ0) is 25.5. The van der Waals surface area contributed by atoms with Crippen LogP contribution < -0.4 is 19.9 Å². The van der Waals surface area contributed by atoms with Crippen molar-refractivity contribution in [3.63, 3.8) is 0 Å². The highest BCUT2D eigenvalue weighted by atomic mass is 16.5. The molecule has 1 fully saturated rings. The quantitative estimate of drug-likeness (QED) is 0.479. The molecular formula is C28H31N3O4. The number of amides is 4. The largest absolute Gasteiger partial charge is 0.494 e. The van der Waals surface area contributed by atoms with Crippen LogP contribution in [0.15, 0.2) is 54.1 Å². The van der Waals surface area contributed by atoms with Gasteiger partial charge in [0.25, 0.3) is 11.8 Å². The van der Waals surface area contributed by atoms with E-state index in [2.05, 4.69) is 50.9 Å². The van der Waals surface area contributed by atoms with Gasteiger partial charge in [-0.1, -0.05) is 18.2 Å². The lowest BCUT2D eigenvalue weighted by Crippen LogP contribution is -2.54. The van der Waals surface area contributed by atoms with Crippen LogP contribution in [0.1, 0.15) is 52.7 Å². The van der Waals surface area contributed by atoms with Crippen LogP contribution in [0.5, 0.6) is 5.75 Å². The van der Waals surface area contributed by atoms with Crippen LogP contribution in [-0.4, -0.2) is 36.0 Å². The molecule has 0 aromatic heterocycles. The normalized spacial score (nSPS) is 18.5. The predicted octanol–water partition coefficient (Wildman–Crippen LogP) is 5.16. The molecule has 2 aromatic carbocycles. The SMILES string of the molecule is CCOc1cccc(N2C(=O)NC(=O)/C(=C\c3ccc4c(c3)C(C)=CC(C)(C)N4C(C)C)C2=O)c1. The Kier molecular flexibility index (Phi) is 6.28. The third-order valence-corrected chi connectivity index (χ3v) is 6.21. The highest BCUT2D eigenvalue weighted by Gasteiger charge is 2.37. The average Bonchev–Trinajstić information content (AvgIpc) is 2.76. The fourth-order valence-corrected chi connectivity index (χ4v) is 5.04. The van der Waals surface area contributed by atoms with Crippen LogP contribution in [0.2, 0.25) is 0 Å². The van der Waals surface area contributed by atoms with Gasteiger partial charge in [-0.25, -0.2) is 9.69 Å². The summed E-state index contributed by atoms with van der Waals surface area (Å²) in [6.07, 6.45) is 3.77. The number of barbiturate groups is 1. The topological polar surface area (TPSA) is 79.0 Å². The summed E-state index contributed by atoms with van der Waals surface area (Å²) in [5.41, 5.74) is 4.08. The third-order valence-electron chi connectivity index (χ3n) is 6.21. The maximum Gasteiger partial charge on any atom is 0.335 e. The van der Waals surface area contributed by atoms with Gasteiger partial charge >= 0.3 is 6.03 Å². The number of hydrogen-bond donors (Lipinski definition) is 1. The molecule has 7 nitrogen and oxygen atoms in total. The van der Waals surface area contributed by atoms with Crippen LogP contribution in [0.3, 0.4) is 0 Å². The minimum absolute atomic E-state index is 0.107. The first-order valence-corrected chi connectivity index (χ1v) is 11.8. The molecule has 0 aliphatic carbocycles. The molecule has 0 spiro atoms. The number of ether oxygens (including phenoxy) is 1. The number of nitrogens with one attached hydrogen (secondary N) is 1. The van der Waals surface area contributed by atoms with Crippen LogP contribution in [0.4, 0.5) is 16.2 Å². The van der Waals surface area contributed by atoms with Crippen molar-refractivity contribution in [1.29, 1.82) is 0 Å². The summed E-state index contributed by atoms with van der Waals surface area (Å²) in [7, 11) is 0. The molecule has 0 radical (unpaired) electrons. The summed E-state index contributed by atoms with van der Waals surface area (Å²) in [5, 5.41) is 2.28. The molecule has 0 saturated carbocycles. The van der Waals surface area contributed by atoms with Crippen molar-refractivity contribution in [1.82, 2.24) is 5.32 Å². The number of carbonyl (C=O) groups excluding carboxylic acids is 3. The summed E-state index contributed by atoms with van der Waals surface area (Å²) < 4.78 is 5.49. The maximum absolute atomic E-state index is 13.3. The van der Waals surface area contributed by atoms with E-state index in [1.807, 2.05) is 25.1 Å². The Labute approximate surface area is 206 Å². The molecule has 2 heterocycles. The van der Waals surface area contributed by atoms with Crippen molar-refractivity contribution in [2.45, 2.75) is 53.1 Å². The zero-order valence-electron chi connectivity index (χ0n) is 21.0. The van der Waals surface area contributed by atoms with E-state index in [0.29, 0.717) is 23.6 Å². The van der Waals surface area contributed by atoms with E-state index in [9.17, 15) is 14.4 Å². The number of urea groups is 1. The Hall–Kier alpha value is -3.87. The third kappa shape index (κ3) is 4.46. The maximum atomic E-state index is 13.3. The molecule has 2 aliphatic rings. The minimum atomic E-state index is -0.787. The first-order valence-electron chi connectivity index (χ1n) is 11.8. The highest BCUT2D eigenvalue weighted by molar-refractivity contribution is 6.39. The number of nitrogens with zero attached hydrogens (tertiary/aromatic N) is 2. The second-order valence-corrected chi connectivity index (χ2v) is 9.61. The molecule has 4 amide bonds. The lowest BCUT2D eigenvalue weighted by molar-refractivity contribution is -0.122. The standard InChI is InChI=1S/C28H31N3O4/c1-7-35-21-10-8-9-20(15-21)30-26(33)23(25(32)29-27(30)34)14-19-11-12-24-22(13-19)18(4)16-28(5,6)31(24)17(2)3/h8-17H,7H2,1-6H3,(H,29,32,34)/b23-14+. The number of rotatable bonds is 5. The second kappa shape index (κ2) is 9.06. The van der Waals surface area contributed by atoms with Gasteiger partial charge in [-0.15, -0.1) is 0 Å². The van der Waals surface area contributed by atoms with Gasteiger partial charge in [-0.2, -0.15) is 0 Å². The fraction of sp³-hybridized carbons (Fsp3) is 0.321. The number of benzene rings is 2. The van der Waals surface area contributed by atoms with E-state index in [1.165, 1.54) is 6.08 Å². The van der Waals surface area contributed by atoms with Gasteiger partial charge in [0, 0.05) is 23.4 Å². The highest BCUT2D eigenvalue weighted by Crippen LogP contribution is 2.41. The molecule has 0 atom stereocenters. The van der Waals surface area contributed by atoms with Crippen molar-refractivity contribution in [2.24, 2.45) is 0 Å². The van der Waals surface area contributed by atoms with E-state index < -0.39 is 17.8 Å². The number of carbonyl (C=O) groups is 3. The molecule has 1 saturated heterocycles. The summed E-state index contributed by atoms with van der Waals surface area (Å²) in [6.45, 7) is 13.1. The molecule has 4 rings (SSSR count). The van der Waals surface area contributed by atoms with Gasteiger partial charge in [0.05, 0.1) is 17.8 Å². The van der Waals surface area contributed by atoms with Gasteiger partial charge in [-0.3, -0.25) is 14.9 Å². The number of anilines is 2. The molecule has 2 aliphatic heterocycles. The molecule has 1 N–H and O–H groups in total. The van der Waals surface area contributed by atoms with Crippen molar-refractivity contribution < 1.29 is 19.1 Å². The summed E-state index contributed by atoms with van der Waals surface area (Å²) >= 11 is 0. The number of imide groups is 2. The Morgan fingerprint density at radius 1 is 1.09 bits per heavy atom. The molecule has 182 valence electrons. The Morgan fingerprint density at radius 3 is 2.51 bits per heavy atom. The molecule has 0 bridgehead atoms. The zero-order valence-corrected chi connectivity index (χ0v) is 21.0. The molecule has 7 heteroatoms. The van der Waals surface area contributed by atoms with Crippen LogP contribution in [-0.2, 0) is 9.59 Å². The summed E-state index contributed by atoms with van der Waals surface area (Å²) in [5.74, 6) is -0.864. The van der Waals surface area contributed by atoms with E-state index in [1.54, 1.807) is 24.3 Å². The van der Waals surface area contributed by atoms with Crippen molar-refractivity contribution in [3.05, 3.63) is 65.2 Å². The second-order valence-electron chi connectivity index (χ2n) is 9.61. The average molecular weight is 474 g/mol. The predicted molar refractivity (Wildman–Crippen MR) is 138 cm³/mol. The Balaban J connectivity index is 1.73. The van der Waals surface area contributed by atoms with Gasteiger partial charge in [0.15, 0.2) is 0 Å². The Morgan fingerprint density at radius 2 is 1.83 bits per heavy atom. The summed E-state index contributed by atoms with van der Waals surface area (Å²) in [4.78, 5) is 41.9. The van der Waals surface area contributed by atoms with E-state index in [4.69, 9.17) is 4.74 Å². The van der Waals surface area contributed by atoms with Crippen LogP contribution in [0, 0.1) is 0 Å². The van der Waals surface area contributed by atoms with Crippen molar-refractivity contribution >= 4 is 40.9 Å². The summed E-state index contributed by atoms with van der Waals surface area (Å²) in [6, 6.07) is 12.1. The van der Waals surface area contributed by atoms with E-state index in [-0.39, 0.29) is 17.2 Å². The molecular weight excluding hydrogens is 442 g/mol. The van der Waals surface area contributed by atoms with E-state index >= 15 is 0 Å². The van der Waals surface area contributed by atoms with Gasteiger partial charge < -0.3 is 9.64 Å². The van der Waals surface area contributed by atoms with Crippen LogP contribution >= 0.6 is 0 Å². The molecule has 35 heavy (non-hydrogen) atoms. The first-order chi connectivity index (χ1) is 16.5. The van der Waals surface area contributed by atoms with Crippen molar-refractivity contribution in [3.8, 4) is 5.75 Å².